The summed E-state index contributed by atoms with van der Waals surface area (Å²) in [6.07, 6.45) is 5.75. The van der Waals surface area contributed by atoms with Gasteiger partial charge in [-0.05, 0) is 50.8 Å². The van der Waals surface area contributed by atoms with Crippen molar-refractivity contribution in [1.82, 2.24) is 10.6 Å². The van der Waals surface area contributed by atoms with Gasteiger partial charge in [0.05, 0.1) is 12.3 Å². The third kappa shape index (κ3) is 4.10. The average Bonchev–Trinajstić information content (AvgIpc) is 2.90. The maximum Gasteiger partial charge on any atom is 0.237 e. The first-order chi connectivity index (χ1) is 9.16. The van der Waals surface area contributed by atoms with E-state index < -0.39 is 0 Å². The Morgan fingerprint density at radius 1 is 1.63 bits per heavy atom. The van der Waals surface area contributed by atoms with Gasteiger partial charge in [0.15, 0.2) is 0 Å². The van der Waals surface area contributed by atoms with Gasteiger partial charge in [0.1, 0.15) is 5.76 Å². The molecule has 2 rings (SSSR count). The molecule has 3 atom stereocenters. The van der Waals surface area contributed by atoms with Gasteiger partial charge in [0.2, 0.25) is 5.91 Å². The summed E-state index contributed by atoms with van der Waals surface area (Å²) in [5.74, 6) is 1.54. The summed E-state index contributed by atoms with van der Waals surface area (Å²) >= 11 is 0. The molecule has 1 aromatic rings. The molecule has 0 aromatic carbocycles. The van der Waals surface area contributed by atoms with Crippen molar-refractivity contribution in [2.45, 2.75) is 51.6 Å². The fourth-order valence-corrected chi connectivity index (χ4v) is 2.62. The second-order valence-electron chi connectivity index (χ2n) is 5.58. The first-order valence-electron chi connectivity index (χ1n) is 7.23. The van der Waals surface area contributed by atoms with Crippen LogP contribution in [0.15, 0.2) is 22.8 Å². The van der Waals surface area contributed by atoms with E-state index in [4.69, 9.17) is 4.42 Å². The zero-order valence-electron chi connectivity index (χ0n) is 11.8. The summed E-state index contributed by atoms with van der Waals surface area (Å²) < 4.78 is 5.30. The van der Waals surface area contributed by atoms with E-state index in [2.05, 4.69) is 17.6 Å². The Balaban J connectivity index is 1.74. The molecule has 1 aliphatic heterocycles. The lowest BCUT2D eigenvalue weighted by Gasteiger charge is -2.30. The molecule has 2 N–H and O–H groups in total. The van der Waals surface area contributed by atoms with Crippen molar-refractivity contribution in [2.24, 2.45) is 5.92 Å². The normalized spacial score (nSPS) is 24.9. The molecule has 1 aromatic heterocycles. The minimum atomic E-state index is -0.0280. The average molecular weight is 264 g/mol. The van der Waals surface area contributed by atoms with Gasteiger partial charge in [-0.3, -0.25) is 4.79 Å². The number of carbonyl (C=O) groups is 1. The molecule has 0 spiro atoms. The molecule has 1 fully saturated rings. The van der Waals surface area contributed by atoms with Crippen LogP contribution in [0.3, 0.4) is 0 Å². The van der Waals surface area contributed by atoms with Gasteiger partial charge in [-0.25, -0.2) is 0 Å². The molecule has 4 nitrogen and oxygen atoms in total. The van der Waals surface area contributed by atoms with Crippen molar-refractivity contribution in [3.63, 3.8) is 0 Å². The molecule has 1 aliphatic rings. The van der Waals surface area contributed by atoms with E-state index in [1.165, 1.54) is 6.42 Å². The SMILES string of the molecule is CC(CCc1ccco1)NC(=O)C1NCCCC1C. The molecule has 1 saturated heterocycles. The molecule has 19 heavy (non-hydrogen) atoms. The summed E-state index contributed by atoms with van der Waals surface area (Å²) in [7, 11) is 0. The van der Waals surface area contributed by atoms with Gasteiger partial charge in [-0.2, -0.15) is 0 Å². The summed E-state index contributed by atoms with van der Waals surface area (Å²) in [5, 5.41) is 6.41. The lowest BCUT2D eigenvalue weighted by molar-refractivity contribution is -0.125. The van der Waals surface area contributed by atoms with Gasteiger partial charge >= 0.3 is 0 Å². The number of furan rings is 1. The molecule has 0 bridgehead atoms. The molecular weight excluding hydrogens is 240 g/mol. The Morgan fingerprint density at radius 3 is 3.16 bits per heavy atom. The topological polar surface area (TPSA) is 54.3 Å². The Hall–Kier alpha value is -1.29. The van der Waals surface area contributed by atoms with Crippen LogP contribution < -0.4 is 10.6 Å². The van der Waals surface area contributed by atoms with E-state index in [0.717, 1.165) is 31.6 Å². The lowest BCUT2D eigenvalue weighted by atomic mass is 9.92. The molecule has 3 unspecified atom stereocenters. The van der Waals surface area contributed by atoms with Crippen LogP contribution >= 0.6 is 0 Å². The van der Waals surface area contributed by atoms with Crippen molar-refractivity contribution >= 4 is 5.91 Å². The zero-order valence-corrected chi connectivity index (χ0v) is 11.8. The summed E-state index contributed by atoms with van der Waals surface area (Å²) in [5.41, 5.74) is 0. The fourth-order valence-electron chi connectivity index (χ4n) is 2.62. The molecule has 0 radical (unpaired) electrons. The van der Waals surface area contributed by atoms with Crippen LogP contribution in [-0.4, -0.2) is 24.5 Å². The number of hydrogen-bond donors (Lipinski definition) is 2. The Labute approximate surface area is 114 Å². The van der Waals surface area contributed by atoms with E-state index >= 15 is 0 Å². The second kappa shape index (κ2) is 6.75. The van der Waals surface area contributed by atoms with Crippen molar-refractivity contribution < 1.29 is 9.21 Å². The van der Waals surface area contributed by atoms with Gasteiger partial charge in [-0.1, -0.05) is 6.92 Å². The minimum Gasteiger partial charge on any atom is -0.469 e. The van der Waals surface area contributed by atoms with E-state index in [-0.39, 0.29) is 18.0 Å². The van der Waals surface area contributed by atoms with Crippen LogP contribution in [0.4, 0.5) is 0 Å². The molecular formula is C15H24N2O2. The fraction of sp³-hybridized carbons (Fsp3) is 0.667. The largest absolute Gasteiger partial charge is 0.469 e. The standard InChI is InChI=1S/C15H24N2O2/c1-11-5-3-9-16-14(11)15(18)17-12(2)7-8-13-6-4-10-19-13/h4,6,10-12,14,16H,3,5,7-9H2,1-2H3,(H,17,18). The van der Waals surface area contributed by atoms with Gasteiger partial charge < -0.3 is 15.1 Å². The predicted molar refractivity (Wildman–Crippen MR) is 74.8 cm³/mol. The summed E-state index contributed by atoms with van der Waals surface area (Å²) in [6, 6.07) is 4.01. The van der Waals surface area contributed by atoms with Gasteiger partial charge in [0.25, 0.3) is 0 Å². The highest BCUT2D eigenvalue weighted by Crippen LogP contribution is 2.16. The van der Waals surface area contributed by atoms with Crippen LogP contribution in [0.25, 0.3) is 0 Å². The molecule has 2 heterocycles. The maximum atomic E-state index is 12.2. The molecule has 0 aliphatic carbocycles. The quantitative estimate of drug-likeness (QED) is 0.856. The highest BCUT2D eigenvalue weighted by Gasteiger charge is 2.27. The summed E-state index contributed by atoms with van der Waals surface area (Å²) in [6.45, 7) is 5.14. The number of nitrogens with one attached hydrogen (secondary N) is 2. The monoisotopic (exact) mass is 264 g/mol. The van der Waals surface area contributed by atoms with Crippen LogP contribution in [0.1, 0.15) is 38.9 Å². The molecule has 4 heteroatoms. The number of amides is 1. The molecule has 0 saturated carbocycles. The number of piperidine rings is 1. The Morgan fingerprint density at radius 2 is 2.47 bits per heavy atom. The predicted octanol–water partition coefficient (Wildman–Crippen LogP) is 2.10. The first kappa shape index (κ1) is 14.1. The van der Waals surface area contributed by atoms with Crippen molar-refractivity contribution in [3.8, 4) is 0 Å². The lowest BCUT2D eigenvalue weighted by Crippen LogP contribution is -2.52. The van der Waals surface area contributed by atoms with Crippen LogP contribution in [0, 0.1) is 5.92 Å². The van der Waals surface area contributed by atoms with Gasteiger partial charge in [-0.15, -0.1) is 0 Å². The maximum absolute atomic E-state index is 12.2. The van der Waals surface area contributed by atoms with E-state index in [9.17, 15) is 4.79 Å². The van der Waals surface area contributed by atoms with Crippen molar-refractivity contribution in [1.29, 1.82) is 0 Å². The highest BCUT2D eigenvalue weighted by atomic mass is 16.3. The van der Waals surface area contributed by atoms with Crippen LogP contribution in [0.5, 0.6) is 0 Å². The third-order valence-electron chi connectivity index (χ3n) is 3.84. The van der Waals surface area contributed by atoms with Crippen LogP contribution in [-0.2, 0) is 11.2 Å². The smallest absolute Gasteiger partial charge is 0.237 e. The number of aryl methyl sites for hydroxylation is 1. The Kier molecular flexibility index (Phi) is 5.02. The molecule has 1 amide bonds. The summed E-state index contributed by atoms with van der Waals surface area (Å²) in [4.78, 5) is 12.2. The van der Waals surface area contributed by atoms with E-state index in [1.54, 1.807) is 6.26 Å². The van der Waals surface area contributed by atoms with Gasteiger partial charge in [0, 0.05) is 12.5 Å². The zero-order chi connectivity index (χ0) is 13.7. The number of carbonyl (C=O) groups excluding carboxylic acids is 1. The third-order valence-corrected chi connectivity index (χ3v) is 3.84. The minimum absolute atomic E-state index is 0.0280. The first-order valence-corrected chi connectivity index (χ1v) is 7.23. The number of hydrogen-bond acceptors (Lipinski definition) is 3. The number of rotatable bonds is 5. The van der Waals surface area contributed by atoms with Crippen molar-refractivity contribution in [3.05, 3.63) is 24.2 Å². The second-order valence-corrected chi connectivity index (χ2v) is 5.58. The van der Waals surface area contributed by atoms with Crippen LogP contribution in [0.2, 0.25) is 0 Å². The highest BCUT2D eigenvalue weighted by molar-refractivity contribution is 5.82. The van der Waals surface area contributed by atoms with E-state index in [0.29, 0.717) is 5.92 Å². The molecule has 106 valence electrons. The van der Waals surface area contributed by atoms with E-state index in [1.807, 2.05) is 19.1 Å². The Bertz CT molecular complexity index is 389. The van der Waals surface area contributed by atoms with Crippen molar-refractivity contribution in [2.75, 3.05) is 6.54 Å².